The van der Waals surface area contributed by atoms with Crippen molar-refractivity contribution < 1.29 is 22.3 Å². The lowest BCUT2D eigenvalue weighted by Crippen LogP contribution is -2.57. The Bertz CT molecular complexity index is 1510. The van der Waals surface area contributed by atoms with Gasteiger partial charge in [-0.15, -0.1) is 0 Å². The number of likely N-dealkylation sites (tertiary alicyclic amines) is 1. The summed E-state index contributed by atoms with van der Waals surface area (Å²) in [7, 11) is 0.362. The van der Waals surface area contributed by atoms with Gasteiger partial charge in [0.2, 0.25) is 5.91 Å². The number of carbonyl (C=O) groups excluding carboxylic acids is 1. The maximum atomic E-state index is 13.4. The Kier molecular flexibility index (Phi) is 7.70. The van der Waals surface area contributed by atoms with E-state index < -0.39 is 9.84 Å². The summed E-state index contributed by atoms with van der Waals surface area (Å²) in [5.74, 6) is 1.51. The molecular formula is C29H34FN5O4S. The van der Waals surface area contributed by atoms with Crippen LogP contribution in [0.2, 0.25) is 0 Å². The normalized spacial score (nSPS) is 18.5. The highest BCUT2D eigenvalue weighted by molar-refractivity contribution is 7.91. The monoisotopic (exact) mass is 567 g/mol. The van der Waals surface area contributed by atoms with Crippen molar-refractivity contribution >= 4 is 38.8 Å². The number of hydrogen-bond donors (Lipinski definition) is 1. The molecule has 1 N–H and O–H groups in total. The highest BCUT2D eigenvalue weighted by atomic mass is 32.2. The molecule has 0 aliphatic carbocycles. The van der Waals surface area contributed by atoms with Crippen molar-refractivity contribution in [3.8, 4) is 11.5 Å². The number of piperidine rings is 1. The summed E-state index contributed by atoms with van der Waals surface area (Å²) in [6.07, 6.45) is 1.84. The summed E-state index contributed by atoms with van der Waals surface area (Å²) in [4.78, 5) is 24.3. The van der Waals surface area contributed by atoms with Crippen LogP contribution in [0.1, 0.15) is 26.7 Å². The number of ether oxygens (including phenoxy) is 1. The van der Waals surface area contributed by atoms with Gasteiger partial charge in [-0.1, -0.05) is 6.92 Å². The molecule has 0 spiro atoms. The average molecular weight is 568 g/mol. The van der Waals surface area contributed by atoms with Gasteiger partial charge in [0.1, 0.15) is 23.4 Å². The number of hydrogen-bond acceptors (Lipinski definition) is 8. The number of sulfone groups is 1. The summed E-state index contributed by atoms with van der Waals surface area (Å²) in [6, 6.07) is 13.6. The summed E-state index contributed by atoms with van der Waals surface area (Å²) in [6.45, 7) is 5.38. The number of aromatic nitrogens is 1. The molecule has 0 unspecified atom stereocenters. The first-order valence-corrected chi connectivity index (χ1v) is 15.1. The molecule has 1 fully saturated rings. The molecule has 5 rings (SSSR count). The Morgan fingerprint density at radius 1 is 1.05 bits per heavy atom. The van der Waals surface area contributed by atoms with Gasteiger partial charge in [-0.05, 0) is 94.5 Å². The van der Waals surface area contributed by atoms with Crippen LogP contribution in [0, 0.1) is 5.82 Å². The van der Waals surface area contributed by atoms with Crippen LogP contribution in [0.3, 0.4) is 0 Å². The minimum Gasteiger partial charge on any atom is -0.455 e. The molecular weight excluding hydrogens is 533 g/mol. The highest BCUT2D eigenvalue weighted by Crippen LogP contribution is 2.40. The van der Waals surface area contributed by atoms with Crippen molar-refractivity contribution in [3.63, 3.8) is 0 Å². The predicted octanol–water partition coefficient (Wildman–Crippen LogP) is 4.82. The lowest BCUT2D eigenvalue weighted by molar-refractivity contribution is -0.119. The first kappa shape index (κ1) is 27.9. The molecule has 2 aliphatic rings. The van der Waals surface area contributed by atoms with E-state index in [0.29, 0.717) is 28.8 Å². The van der Waals surface area contributed by atoms with Crippen LogP contribution in [0.4, 0.5) is 27.4 Å². The SMILES string of the molecule is CCS(=O)(=O)c1ccc(Oc2ccc(F)cc2)c(Nc2ccc3c(n2)N(C2CCN(C)CC2)[C@H](C)C(=O)N3C)c1. The minimum atomic E-state index is -3.49. The van der Waals surface area contributed by atoms with E-state index in [1.54, 1.807) is 31.0 Å². The van der Waals surface area contributed by atoms with Crippen molar-refractivity contribution in [1.82, 2.24) is 9.88 Å². The van der Waals surface area contributed by atoms with E-state index in [9.17, 15) is 17.6 Å². The van der Waals surface area contributed by atoms with Crippen LogP contribution in [-0.2, 0) is 14.6 Å². The van der Waals surface area contributed by atoms with Crippen molar-refractivity contribution in [2.75, 3.05) is 48.1 Å². The molecule has 2 aromatic carbocycles. The van der Waals surface area contributed by atoms with E-state index >= 15 is 0 Å². The van der Waals surface area contributed by atoms with E-state index in [-0.39, 0.29) is 34.5 Å². The molecule has 40 heavy (non-hydrogen) atoms. The number of carbonyl (C=O) groups is 1. The highest BCUT2D eigenvalue weighted by Gasteiger charge is 2.39. The average Bonchev–Trinajstić information content (AvgIpc) is 2.95. The third-order valence-corrected chi connectivity index (χ3v) is 9.37. The Morgan fingerprint density at radius 3 is 2.42 bits per heavy atom. The molecule has 2 aliphatic heterocycles. The lowest BCUT2D eigenvalue weighted by atomic mass is 9.99. The first-order valence-electron chi connectivity index (χ1n) is 13.4. The molecule has 9 nitrogen and oxygen atoms in total. The third-order valence-electron chi connectivity index (χ3n) is 7.64. The molecule has 3 aromatic rings. The fourth-order valence-corrected chi connectivity index (χ4v) is 6.16. The number of amides is 1. The molecule has 0 bridgehead atoms. The van der Waals surface area contributed by atoms with Gasteiger partial charge in [-0.25, -0.2) is 17.8 Å². The van der Waals surface area contributed by atoms with Crippen molar-refractivity contribution in [2.45, 2.75) is 43.7 Å². The summed E-state index contributed by atoms with van der Waals surface area (Å²) in [5, 5.41) is 3.25. The molecule has 11 heteroatoms. The summed E-state index contributed by atoms with van der Waals surface area (Å²) in [5.41, 5.74) is 1.11. The predicted molar refractivity (Wildman–Crippen MR) is 154 cm³/mol. The van der Waals surface area contributed by atoms with Gasteiger partial charge >= 0.3 is 0 Å². The second kappa shape index (κ2) is 11.1. The van der Waals surface area contributed by atoms with E-state index in [1.165, 1.54) is 36.4 Å². The number of likely N-dealkylation sites (N-methyl/N-ethyl adjacent to an activating group) is 1. The van der Waals surface area contributed by atoms with Crippen molar-refractivity contribution in [2.24, 2.45) is 0 Å². The van der Waals surface area contributed by atoms with Crippen LogP contribution >= 0.6 is 0 Å². The maximum absolute atomic E-state index is 13.4. The fraction of sp³-hybridized carbons (Fsp3) is 0.379. The minimum absolute atomic E-state index is 0.0152. The smallest absolute Gasteiger partial charge is 0.249 e. The van der Waals surface area contributed by atoms with Crippen LogP contribution in [0.5, 0.6) is 11.5 Å². The van der Waals surface area contributed by atoms with Crippen LogP contribution in [0.25, 0.3) is 0 Å². The van der Waals surface area contributed by atoms with Gasteiger partial charge in [-0.3, -0.25) is 4.79 Å². The van der Waals surface area contributed by atoms with Gasteiger partial charge in [0, 0.05) is 13.1 Å². The van der Waals surface area contributed by atoms with Gasteiger partial charge in [0.25, 0.3) is 0 Å². The molecule has 0 saturated carbocycles. The number of nitrogens with zero attached hydrogens (tertiary/aromatic N) is 4. The zero-order valence-electron chi connectivity index (χ0n) is 23.1. The second-order valence-corrected chi connectivity index (χ2v) is 12.6. The van der Waals surface area contributed by atoms with E-state index in [0.717, 1.165) is 31.6 Å². The van der Waals surface area contributed by atoms with Gasteiger partial charge < -0.3 is 24.8 Å². The number of pyridine rings is 1. The zero-order chi connectivity index (χ0) is 28.6. The molecule has 3 heterocycles. The zero-order valence-corrected chi connectivity index (χ0v) is 23.9. The van der Waals surface area contributed by atoms with Gasteiger partial charge in [0.15, 0.2) is 21.4 Å². The summed E-state index contributed by atoms with van der Waals surface area (Å²) < 4.78 is 44.8. The second-order valence-electron chi connectivity index (χ2n) is 10.3. The van der Waals surface area contributed by atoms with Gasteiger partial charge in [-0.2, -0.15) is 0 Å². The van der Waals surface area contributed by atoms with Crippen LogP contribution in [-0.4, -0.2) is 69.2 Å². The Morgan fingerprint density at radius 2 is 1.75 bits per heavy atom. The van der Waals surface area contributed by atoms with Gasteiger partial charge in [0.05, 0.1) is 22.0 Å². The third kappa shape index (κ3) is 5.48. The number of benzene rings is 2. The molecule has 1 amide bonds. The first-order chi connectivity index (χ1) is 19.1. The number of anilines is 4. The van der Waals surface area contributed by atoms with E-state index in [4.69, 9.17) is 9.72 Å². The van der Waals surface area contributed by atoms with E-state index in [1.807, 2.05) is 13.0 Å². The Balaban J connectivity index is 1.54. The number of fused-ring (bicyclic) bond motifs is 1. The maximum Gasteiger partial charge on any atom is 0.249 e. The standard InChI is InChI=1S/C29H34FN5O4S/c1-5-40(37,38)23-10-12-26(39-22-8-6-20(30)7-9-22)24(18-23)31-27-13-11-25-28(32-27)35(19(2)29(36)34(25)4)21-14-16-33(3)17-15-21/h6-13,18-19,21H,5,14-17H2,1-4H3,(H,31,32)/t19-/m1/s1. The Hall–Kier alpha value is -3.70. The number of nitrogens with one attached hydrogen (secondary N) is 1. The largest absolute Gasteiger partial charge is 0.455 e. The molecule has 1 aromatic heterocycles. The molecule has 0 radical (unpaired) electrons. The molecule has 212 valence electrons. The number of rotatable bonds is 7. The summed E-state index contributed by atoms with van der Waals surface area (Å²) >= 11 is 0. The van der Waals surface area contributed by atoms with Crippen molar-refractivity contribution in [3.05, 3.63) is 60.4 Å². The van der Waals surface area contributed by atoms with Crippen LogP contribution in [0.15, 0.2) is 59.5 Å². The van der Waals surface area contributed by atoms with E-state index in [2.05, 4.69) is 22.2 Å². The fourth-order valence-electron chi connectivity index (χ4n) is 5.25. The van der Waals surface area contributed by atoms with Crippen LogP contribution < -0.4 is 19.9 Å². The molecule has 1 saturated heterocycles. The van der Waals surface area contributed by atoms with Crippen molar-refractivity contribution in [1.29, 1.82) is 0 Å². The number of halogens is 1. The Labute approximate surface area is 234 Å². The quantitative estimate of drug-likeness (QED) is 0.435. The topological polar surface area (TPSA) is 95.1 Å². The molecule has 1 atom stereocenters. The lowest BCUT2D eigenvalue weighted by Gasteiger charge is -2.45.